The average Bonchev–Trinajstić information content (AvgIpc) is 2.51. The average molecular weight is 323 g/mol. The van der Waals surface area contributed by atoms with Gasteiger partial charge in [0.05, 0.1) is 13.2 Å². The summed E-state index contributed by atoms with van der Waals surface area (Å²) in [6, 6.07) is 11.2. The van der Waals surface area contributed by atoms with Crippen LogP contribution in [-0.4, -0.2) is 55.1 Å². The minimum Gasteiger partial charge on any atom is -0.379 e. The van der Waals surface area contributed by atoms with Gasteiger partial charge in [-0.05, 0) is 45.9 Å². The zero-order valence-electron chi connectivity index (χ0n) is 14.2. The van der Waals surface area contributed by atoms with Gasteiger partial charge in [-0.3, -0.25) is 4.90 Å². The maximum absolute atomic E-state index is 5.43. The Morgan fingerprint density at radius 1 is 1.18 bits per heavy atom. The first-order valence-electron chi connectivity index (χ1n) is 8.28. The van der Waals surface area contributed by atoms with Gasteiger partial charge in [-0.25, -0.2) is 0 Å². The number of morpholine rings is 1. The summed E-state index contributed by atoms with van der Waals surface area (Å²) in [5.41, 5.74) is 0.160. The van der Waals surface area contributed by atoms with E-state index in [1.165, 1.54) is 11.3 Å². The number of hydrogen-bond acceptors (Lipinski definition) is 4. The third-order valence-corrected chi connectivity index (χ3v) is 4.90. The molecule has 1 aliphatic rings. The highest BCUT2D eigenvalue weighted by atomic mass is 32.2. The fourth-order valence-electron chi connectivity index (χ4n) is 2.69. The first-order chi connectivity index (χ1) is 10.5. The van der Waals surface area contributed by atoms with E-state index in [-0.39, 0.29) is 5.54 Å². The smallest absolute Gasteiger partial charge is 0.0594 e. The molecule has 3 nitrogen and oxygen atoms in total. The fraction of sp³-hybridized carbons (Fsp3) is 0.667. The van der Waals surface area contributed by atoms with Gasteiger partial charge in [0.2, 0.25) is 0 Å². The molecule has 0 amide bonds. The molecule has 2 rings (SSSR count). The lowest BCUT2D eigenvalue weighted by atomic mass is 10.1. The lowest BCUT2D eigenvalue weighted by Gasteiger charge is -2.32. The summed E-state index contributed by atoms with van der Waals surface area (Å²) in [6.45, 7) is 11.8. The molecule has 22 heavy (non-hydrogen) atoms. The van der Waals surface area contributed by atoms with Crippen molar-refractivity contribution in [2.24, 2.45) is 0 Å². The fourth-order valence-corrected chi connectivity index (χ4v) is 3.68. The zero-order chi connectivity index (χ0) is 15.8. The van der Waals surface area contributed by atoms with Gasteiger partial charge in [-0.1, -0.05) is 18.2 Å². The number of nitrogens with one attached hydrogen (secondary N) is 1. The molecule has 1 aromatic carbocycles. The van der Waals surface area contributed by atoms with Crippen LogP contribution in [0.1, 0.15) is 27.2 Å². The normalized spacial score (nSPS) is 18.3. The standard InChI is InChI=1S/C18H30N2OS/c1-18(2,3)19-16(9-10-20-11-13-21-14-12-20)15-22-17-7-5-4-6-8-17/h4-8,16,19H,9-15H2,1-3H3. The Bertz CT molecular complexity index is 413. The van der Waals surface area contributed by atoms with Crippen molar-refractivity contribution in [2.45, 2.75) is 43.7 Å². The van der Waals surface area contributed by atoms with Crippen molar-refractivity contribution < 1.29 is 4.74 Å². The molecule has 0 bridgehead atoms. The predicted molar refractivity (Wildman–Crippen MR) is 95.7 cm³/mol. The van der Waals surface area contributed by atoms with Gasteiger partial charge in [0, 0.05) is 35.3 Å². The summed E-state index contributed by atoms with van der Waals surface area (Å²) in [4.78, 5) is 3.88. The molecule has 1 saturated heterocycles. The molecule has 0 aliphatic carbocycles. The first-order valence-corrected chi connectivity index (χ1v) is 9.27. The van der Waals surface area contributed by atoms with E-state index in [1.807, 2.05) is 11.8 Å². The van der Waals surface area contributed by atoms with Crippen LogP contribution in [0.4, 0.5) is 0 Å². The second-order valence-corrected chi connectivity index (χ2v) is 8.05. The Balaban J connectivity index is 1.82. The van der Waals surface area contributed by atoms with Crippen molar-refractivity contribution in [1.82, 2.24) is 10.2 Å². The van der Waals surface area contributed by atoms with Crippen LogP contribution in [0, 0.1) is 0 Å². The van der Waals surface area contributed by atoms with Crippen LogP contribution in [0.3, 0.4) is 0 Å². The molecule has 0 aromatic heterocycles. The third kappa shape index (κ3) is 7.14. The molecule has 0 spiro atoms. The summed E-state index contributed by atoms with van der Waals surface area (Å²) >= 11 is 1.95. The quantitative estimate of drug-likeness (QED) is 0.779. The molecular weight excluding hydrogens is 292 g/mol. The van der Waals surface area contributed by atoms with Crippen LogP contribution < -0.4 is 5.32 Å². The largest absolute Gasteiger partial charge is 0.379 e. The molecule has 1 aliphatic heterocycles. The minimum atomic E-state index is 0.160. The molecular formula is C18H30N2OS. The molecule has 1 aromatic rings. The van der Waals surface area contributed by atoms with E-state index < -0.39 is 0 Å². The van der Waals surface area contributed by atoms with Crippen molar-refractivity contribution in [3.8, 4) is 0 Å². The Labute approximate surface area is 139 Å². The number of ether oxygens (including phenoxy) is 1. The van der Waals surface area contributed by atoms with Gasteiger partial charge in [-0.15, -0.1) is 11.8 Å². The number of hydrogen-bond donors (Lipinski definition) is 1. The number of thioether (sulfide) groups is 1. The molecule has 1 fully saturated rings. The molecule has 1 atom stereocenters. The highest BCUT2D eigenvalue weighted by Crippen LogP contribution is 2.20. The minimum absolute atomic E-state index is 0.160. The molecule has 1 heterocycles. The maximum Gasteiger partial charge on any atom is 0.0594 e. The van der Waals surface area contributed by atoms with Crippen LogP contribution in [0.25, 0.3) is 0 Å². The lowest BCUT2D eigenvalue weighted by molar-refractivity contribution is 0.0361. The highest BCUT2D eigenvalue weighted by Gasteiger charge is 2.19. The number of benzene rings is 1. The van der Waals surface area contributed by atoms with Crippen molar-refractivity contribution in [3.05, 3.63) is 30.3 Å². The van der Waals surface area contributed by atoms with E-state index >= 15 is 0 Å². The molecule has 1 N–H and O–H groups in total. The SMILES string of the molecule is CC(C)(C)NC(CCN1CCOCC1)CSc1ccccc1. The van der Waals surface area contributed by atoms with E-state index in [0.29, 0.717) is 6.04 Å². The summed E-state index contributed by atoms with van der Waals surface area (Å²) in [7, 11) is 0. The van der Waals surface area contributed by atoms with Crippen LogP contribution >= 0.6 is 11.8 Å². The van der Waals surface area contributed by atoms with Gasteiger partial charge in [0.1, 0.15) is 0 Å². The monoisotopic (exact) mass is 322 g/mol. The summed E-state index contributed by atoms with van der Waals surface area (Å²) in [6.07, 6.45) is 1.19. The van der Waals surface area contributed by atoms with E-state index in [4.69, 9.17) is 4.74 Å². The molecule has 0 radical (unpaired) electrons. The van der Waals surface area contributed by atoms with Crippen LogP contribution in [-0.2, 0) is 4.74 Å². The van der Waals surface area contributed by atoms with Crippen molar-refractivity contribution in [3.63, 3.8) is 0 Å². The Morgan fingerprint density at radius 2 is 1.86 bits per heavy atom. The van der Waals surface area contributed by atoms with E-state index in [1.54, 1.807) is 0 Å². The van der Waals surface area contributed by atoms with Crippen molar-refractivity contribution in [1.29, 1.82) is 0 Å². The van der Waals surface area contributed by atoms with E-state index in [0.717, 1.165) is 38.6 Å². The van der Waals surface area contributed by atoms with E-state index in [2.05, 4.69) is 61.3 Å². The zero-order valence-corrected chi connectivity index (χ0v) is 15.0. The Kier molecular flexibility index (Phi) is 7.22. The second-order valence-electron chi connectivity index (χ2n) is 6.96. The first kappa shape index (κ1) is 17.8. The number of rotatable bonds is 7. The van der Waals surface area contributed by atoms with Crippen LogP contribution in [0.15, 0.2) is 35.2 Å². The lowest BCUT2D eigenvalue weighted by Crippen LogP contribution is -2.47. The Morgan fingerprint density at radius 3 is 2.50 bits per heavy atom. The second kappa shape index (κ2) is 8.92. The van der Waals surface area contributed by atoms with Gasteiger partial charge in [0.25, 0.3) is 0 Å². The highest BCUT2D eigenvalue weighted by molar-refractivity contribution is 7.99. The number of nitrogens with zero attached hydrogens (tertiary/aromatic N) is 1. The van der Waals surface area contributed by atoms with Crippen molar-refractivity contribution >= 4 is 11.8 Å². The van der Waals surface area contributed by atoms with Crippen LogP contribution in [0.2, 0.25) is 0 Å². The topological polar surface area (TPSA) is 24.5 Å². The molecule has 0 saturated carbocycles. The molecule has 124 valence electrons. The Hall–Kier alpha value is -0.550. The summed E-state index contributed by atoms with van der Waals surface area (Å²) in [5, 5.41) is 3.79. The van der Waals surface area contributed by atoms with Crippen LogP contribution in [0.5, 0.6) is 0 Å². The summed E-state index contributed by atoms with van der Waals surface area (Å²) < 4.78 is 5.43. The predicted octanol–water partition coefficient (Wildman–Crippen LogP) is 3.26. The van der Waals surface area contributed by atoms with Gasteiger partial charge in [-0.2, -0.15) is 0 Å². The maximum atomic E-state index is 5.43. The summed E-state index contributed by atoms with van der Waals surface area (Å²) in [5.74, 6) is 1.12. The van der Waals surface area contributed by atoms with Gasteiger partial charge < -0.3 is 10.1 Å². The van der Waals surface area contributed by atoms with E-state index in [9.17, 15) is 0 Å². The molecule has 4 heteroatoms. The van der Waals surface area contributed by atoms with Crippen molar-refractivity contribution in [2.75, 3.05) is 38.6 Å². The van der Waals surface area contributed by atoms with Gasteiger partial charge in [0.15, 0.2) is 0 Å². The van der Waals surface area contributed by atoms with Gasteiger partial charge >= 0.3 is 0 Å². The molecule has 1 unspecified atom stereocenters. The third-order valence-electron chi connectivity index (χ3n) is 3.73.